The first-order valence-electron chi connectivity index (χ1n) is 10.6. The number of hydrogen-bond donors (Lipinski definition) is 1. The number of aromatic nitrogens is 4. The summed E-state index contributed by atoms with van der Waals surface area (Å²) < 4.78 is 10.5. The Balaban J connectivity index is 1.58. The number of likely N-dealkylation sites (tertiary alicyclic amines) is 1. The van der Waals surface area contributed by atoms with E-state index in [4.69, 9.17) is 19.4 Å². The zero-order chi connectivity index (χ0) is 21.4. The van der Waals surface area contributed by atoms with Crippen molar-refractivity contribution in [3.8, 4) is 11.4 Å². The number of carbonyl (C=O) groups is 1. The van der Waals surface area contributed by atoms with Gasteiger partial charge in [-0.2, -0.15) is 0 Å². The number of nitrogens with one attached hydrogen (secondary N) is 1. The van der Waals surface area contributed by atoms with Crippen LogP contribution in [-0.4, -0.2) is 76.9 Å². The van der Waals surface area contributed by atoms with Crippen molar-refractivity contribution in [2.45, 2.75) is 25.3 Å². The number of rotatable bonds is 3. The molecule has 5 heterocycles. The fourth-order valence-corrected chi connectivity index (χ4v) is 4.45. The number of fused-ring (bicyclic) bond motifs is 1. The van der Waals surface area contributed by atoms with Gasteiger partial charge in [0.25, 0.3) is 0 Å². The zero-order valence-electron chi connectivity index (χ0n) is 17.7. The van der Waals surface area contributed by atoms with Crippen LogP contribution in [0, 0.1) is 0 Å². The molecule has 3 aromatic heterocycles. The lowest BCUT2D eigenvalue weighted by Gasteiger charge is -2.34. The van der Waals surface area contributed by atoms with Gasteiger partial charge in [0, 0.05) is 55.0 Å². The van der Waals surface area contributed by atoms with Gasteiger partial charge in [-0.25, -0.2) is 19.7 Å². The standard InChI is InChI=1S/C22H26N6O3/c1-14-13-31-10-9-28(14)19-11-18(15-5-8-27(12-15)22(29)30-2)25-21(26-19)17-4-7-24-20-16(17)3-6-23-20/h3-4,6-7,11,14-15H,5,8-10,12-13H2,1-2H3,(H,23,24)/t14-,15?/m1/s1. The van der Waals surface area contributed by atoms with Crippen molar-refractivity contribution in [3.63, 3.8) is 0 Å². The van der Waals surface area contributed by atoms with Crippen molar-refractivity contribution in [3.05, 3.63) is 36.3 Å². The summed E-state index contributed by atoms with van der Waals surface area (Å²) in [5, 5.41) is 0.989. The van der Waals surface area contributed by atoms with E-state index in [0.29, 0.717) is 32.1 Å². The SMILES string of the molecule is COC(=O)N1CCC(c2cc(N3CCOC[C@H]3C)nc(-c3ccnc4[nH]ccc34)n2)C1. The number of ether oxygens (including phenoxy) is 2. The second kappa shape index (κ2) is 8.14. The lowest BCUT2D eigenvalue weighted by Crippen LogP contribution is -2.44. The maximum absolute atomic E-state index is 12.0. The van der Waals surface area contributed by atoms with E-state index in [1.165, 1.54) is 7.11 Å². The fraction of sp³-hybridized carbons (Fsp3) is 0.455. The van der Waals surface area contributed by atoms with Crippen LogP contribution in [0.1, 0.15) is 25.0 Å². The van der Waals surface area contributed by atoms with E-state index in [-0.39, 0.29) is 18.1 Å². The highest BCUT2D eigenvalue weighted by Crippen LogP contribution is 2.32. The Hall–Kier alpha value is -3.20. The molecule has 0 bridgehead atoms. The number of nitrogens with zero attached hydrogens (tertiary/aromatic N) is 5. The molecule has 3 aromatic rings. The van der Waals surface area contributed by atoms with Gasteiger partial charge < -0.3 is 24.3 Å². The number of H-pyrrole nitrogens is 1. The van der Waals surface area contributed by atoms with Crippen LogP contribution in [0.2, 0.25) is 0 Å². The third-order valence-corrected chi connectivity index (χ3v) is 6.13. The van der Waals surface area contributed by atoms with Crippen LogP contribution in [0.25, 0.3) is 22.4 Å². The summed E-state index contributed by atoms with van der Waals surface area (Å²) in [4.78, 5) is 33.5. The quantitative estimate of drug-likeness (QED) is 0.693. The maximum Gasteiger partial charge on any atom is 0.409 e. The molecule has 1 unspecified atom stereocenters. The van der Waals surface area contributed by atoms with Crippen LogP contribution in [0.15, 0.2) is 30.6 Å². The molecule has 9 nitrogen and oxygen atoms in total. The van der Waals surface area contributed by atoms with Gasteiger partial charge in [-0.1, -0.05) is 0 Å². The van der Waals surface area contributed by atoms with Gasteiger partial charge >= 0.3 is 6.09 Å². The molecule has 2 saturated heterocycles. The van der Waals surface area contributed by atoms with Gasteiger partial charge in [0.15, 0.2) is 5.82 Å². The van der Waals surface area contributed by atoms with Crippen LogP contribution in [-0.2, 0) is 9.47 Å². The Bertz CT molecular complexity index is 1100. The second-order valence-electron chi connectivity index (χ2n) is 8.09. The van der Waals surface area contributed by atoms with Crippen molar-refractivity contribution < 1.29 is 14.3 Å². The van der Waals surface area contributed by atoms with Crippen LogP contribution in [0.5, 0.6) is 0 Å². The predicted molar refractivity (Wildman–Crippen MR) is 116 cm³/mol. The first-order valence-corrected chi connectivity index (χ1v) is 10.6. The summed E-state index contributed by atoms with van der Waals surface area (Å²) in [6.45, 7) is 5.54. The number of aromatic amines is 1. The highest BCUT2D eigenvalue weighted by atomic mass is 16.5. The minimum atomic E-state index is -0.290. The largest absolute Gasteiger partial charge is 0.453 e. The molecular formula is C22H26N6O3. The predicted octanol–water partition coefficient (Wildman–Crippen LogP) is 2.80. The van der Waals surface area contributed by atoms with Gasteiger partial charge in [-0.3, -0.25) is 0 Å². The Morgan fingerprint density at radius 1 is 1.29 bits per heavy atom. The Labute approximate surface area is 180 Å². The number of amides is 1. The molecule has 162 valence electrons. The average Bonchev–Trinajstić information content (AvgIpc) is 3.48. The molecule has 0 aliphatic carbocycles. The summed E-state index contributed by atoms with van der Waals surface area (Å²) in [7, 11) is 1.42. The van der Waals surface area contributed by atoms with E-state index in [1.807, 2.05) is 18.3 Å². The molecule has 5 rings (SSSR count). The molecule has 0 saturated carbocycles. The average molecular weight is 422 g/mol. The van der Waals surface area contributed by atoms with Crippen LogP contribution in [0.3, 0.4) is 0 Å². The summed E-state index contributed by atoms with van der Waals surface area (Å²) in [6.07, 6.45) is 4.21. The Kier molecular flexibility index (Phi) is 5.19. The molecule has 2 fully saturated rings. The van der Waals surface area contributed by atoms with Gasteiger partial charge in [0.2, 0.25) is 0 Å². The van der Waals surface area contributed by atoms with E-state index in [1.54, 1.807) is 11.1 Å². The molecule has 0 radical (unpaired) electrons. The van der Waals surface area contributed by atoms with E-state index in [2.05, 4.69) is 27.9 Å². The smallest absolute Gasteiger partial charge is 0.409 e. The number of anilines is 1. The van der Waals surface area contributed by atoms with Gasteiger partial charge in [0.05, 0.1) is 32.1 Å². The van der Waals surface area contributed by atoms with E-state index >= 15 is 0 Å². The van der Waals surface area contributed by atoms with E-state index in [9.17, 15) is 4.79 Å². The lowest BCUT2D eigenvalue weighted by atomic mass is 10.0. The topological polar surface area (TPSA) is 96.5 Å². The van der Waals surface area contributed by atoms with Gasteiger partial charge in [0.1, 0.15) is 11.5 Å². The molecule has 9 heteroatoms. The molecule has 2 aliphatic heterocycles. The molecule has 31 heavy (non-hydrogen) atoms. The first kappa shape index (κ1) is 19.7. The number of carbonyl (C=O) groups excluding carboxylic acids is 1. The molecule has 2 aliphatic rings. The Morgan fingerprint density at radius 2 is 2.19 bits per heavy atom. The second-order valence-corrected chi connectivity index (χ2v) is 8.09. The van der Waals surface area contributed by atoms with Gasteiger partial charge in [-0.05, 0) is 25.5 Å². The molecule has 1 amide bonds. The highest BCUT2D eigenvalue weighted by Gasteiger charge is 2.31. The summed E-state index contributed by atoms with van der Waals surface area (Å²) >= 11 is 0. The Morgan fingerprint density at radius 3 is 3.03 bits per heavy atom. The highest BCUT2D eigenvalue weighted by molar-refractivity contribution is 5.91. The maximum atomic E-state index is 12.0. The van der Waals surface area contributed by atoms with E-state index < -0.39 is 0 Å². The fourth-order valence-electron chi connectivity index (χ4n) is 4.45. The molecule has 2 atom stereocenters. The number of morpholine rings is 1. The van der Waals surface area contributed by atoms with Crippen LogP contribution in [0.4, 0.5) is 10.6 Å². The van der Waals surface area contributed by atoms with Crippen molar-refractivity contribution in [2.75, 3.05) is 44.9 Å². The first-order chi connectivity index (χ1) is 15.1. The van der Waals surface area contributed by atoms with Gasteiger partial charge in [-0.15, -0.1) is 0 Å². The number of pyridine rings is 1. The van der Waals surface area contributed by atoms with Crippen LogP contribution >= 0.6 is 0 Å². The molecular weight excluding hydrogens is 396 g/mol. The third kappa shape index (κ3) is 3.69. The molecule has 0 spiro atoms. The minimum Gasteiger partial charge on any atom is -0.453 e. The minimum absolute atomic E-state index is 0.138. The number of hydrogen-bond acceptors (Lipinski definition) is 7. The van der Waals surface area contributed by atoms with Crippen LogP contribution < -0.4 is 4.90 Å². The summed E-state index contributed by atoms with van der Waals surface area (Å²) in [5.74, 6) is 1.71. The van der Waals surface area contributed by atoms with Crippen molar-refractivity contribution in [1.29, 1.82) is 0 Å². The molecule has 0 aromatic carbocycles. The summed E-state index contributed by atoms with van der Waals surface area (Å²) in [5.41, 5.74) is 2.70. The van der Waals surface area contributed by atoms with Crippen molar-refractivity contribution in [1.82, 2.24) is 24.8 Å². The normalized spacial score (nSPS) is 21.6. The monoisotopic (exact) mass is 422 g/mol. The third-order valence-electron chi connectivity index (χ3n) is 6.13. The molecule has 1 N–H and O–H groups in total. The van der Waals surface area contributed by atoms with E-state index in [0.717, 1.165) is 41.1 Å². The zero-order valence-corrected chi connectivity index (χ0v) is 17.7. The number of methoxy groups -OCH3 is 1. The summed E-state index contributed by atoms with van der Waals surface area (Å²) in [6, 6.07) is 6.26. The lowest BCUT2D eigenvalue weighted by molar-refractivity contribution is 0.0985. The van der Waals surface area contributed by atoms with Crippen molar-refractivity contribution >= 4 is 22.9 Å². The van der Waals surface area contributed by atoms with Crippen molar-refractivity contribution in [2.24, 2.45) is 0 Å².